The Kier molecular flexibility index (Phi) is 4.71. The topological polar surface area (TPSA) is 47.4 Å². The van der Waals surface area contributed by atoms with Crippen molar-refractivity contribution in [2.45, 2.75) is 13.3 Å². The van der Waals surface area contributed by atoms with Crippen molar-refractivity contribution in [3.63, 3.8) is 0 Å². The molecule has 5 nitrogen and oxygen atoms in total. The molecule has 1 saturated heterocycles. The molecule has 1 aromatic heterocycles. The number of nitrogens with zero attached hydrogens (tertiary/aromatic N) is 3. The van der Waals surface area contributed by atoms with Crippen molar-refractivity contribution in [3.05, 3.63) is 48.0 Å². The van der Waals surface area contributed by atoms with Crippen LogP contribution in [-0.2, 0) is 4.74 Å². The lowest BCUT2D eigenvalue weighted by Crippen LogP contribution is -2.35. The van der Waals surface area contributed by atoms with E-state index in [0.29, 0.717) is 36.9 Å². The van der Waals surface area contributed by atoms with Crippen molar-refractivity contribution in [1.82, 2.24) is 14.7 Å². The third-order valence-electron chi connectivity index (χ3n) is 4.12. The molecular formula is C17H20FN3O2. The Morgan fingerprint density at radius 3 is 3.00 bits per heavy atom. The van der Waals surface area contributed by atoms with Gasteiger partial charge >= 0.3 is 0 Å². The fourth-order valence-electron chi connectivity index (χ4n) is 2.81. The standard InChI is InChI=1S/C17H20FN3O2/c1-2-20(11-13-6-9-23-12-13)17(22)14-4-5-16(15(18)10-14)21-8-3-7-19-21/h3-5,7-8,10,13H,2,6,9,11-12H2,1H3/t13-/m1/s1. The van der Waals surface area contributed by atoms with E-state index < -0.39 is 5.82 Å². The SMILES string of the molecule is CCN(C[C@H]1CCOC1)C(=O)c1ccc(-n2cccn2)c(F)c1. The molecule has 2 heterocycles. The van der Waals surface area contributed by atoms with Gasteiger partial charge < -0.3 is 9.64 Å². The molecule has 0 aliphatic carbocycles. The van der Waals surface area contributed by atoms with Crippen molar-refractivity contribution in [2.24, 2.45) is 5.92 Å². The number of carbonyl (C=O) groups is 1. The minimum atomic E-state index is -0.459. The van der Waals surface area contributed by atoms with Crippen molar-refractivity contribution in [1.29, 1.82) is 0 Å². The highest BCUT2D eigenvalue weighted by molar-refractivity contribution is 5.94. The number of carbonyl (C=O) groups excluding carboxylic acids is 1. The average molecular weight is 317 g/mol. The first-order chi connectivity index (χ1) is 11.2. The molecular weight excluding hydrogens is 297 g/mol. The molecule has 6 heteroatoms. The normalized spacial score (nSPS) is 17.4. The number of hydrogen-bond acceptors (Lipinski definition) is 3. The van der Waals surface area contributed by atoms with Crippen LogP contribution in [0.2, 0.25) is 0 Å². The minimum Gasteiger partial charge on any atom is -0.381 e. The van der Waals surface area contributed by atoms with Gasteiger partial charge in [0.25, 0.3) is 5.91 Å². The van der Waals surface area contributed by atoms with Gasteiger partial charge in [0.15, 0.2) is 0 Å². The Hall–Kier alpha value is -2.21. The molecule has 0 radical (unpaired) electrons. The highest BCUT2D eigenvalue weighted by atomic mass is 19.1. The lowest BCUT2D eigenvalue weighted by atomic mass is 10.1. The second kappa shape index (κ2) is 6.91. The first kappa shape index (κ1) is 15.7. The van der Waals surface area contributed by atoms with E-state index in [1.54, 1.807) is 35.5 Å². The summed E-state index contributed by atoms with van der Waals surface area (Å²) in [6.07, 6.45) is 4.22. The molecule has 0 bridgehead atoms. The molecule has 2 aromatic rings. The van der Waals surface area contributed by atoms with Crippen molar-refractivity contribution in [2.75, 3.05) is 26.3 Å². The van der Waals surface area contributed by atoms with Gasteiger partial charge in [-0.2, -0.15) is 5.10 Å². The van der Waals surface area contributed by atoms with Crippen LogP contribution in [0.1, 0.15) is 23.7 Å². The summed E-state index contributed by atoms with van der Waals surface area (Å²) in [5.41, 5.74) is 0.693. The molecule has 1 aromatic carbocycles. The maximum atomic E-state index is 14.3. The van der Waals surface area contributed by atoms with E-state index in [9.17, 15) is 9.18 Å². The number of aromatic nitrogens is 2. The van der Waals surface area contributed by atoms with Crippen LogP contribution in [0.5, 0.6) is 0 Å². The van der Waals surface area contributed by atoms with Gasteiger partial charge in [0, 0.05) is 43.6 Å². The summed E-state index contributed by atoms with van der Waals surface area (Å²) >= 11 is 0. The largest absolute Gasteiger partial charge is 0.381 e. The molecule has 0 spiro atoms. The first-order valence-corrected chi connectivity index (χ1v) is 7.85. The molecule has 0 N–H and O–H groups in total. The molecule has 0 saturated carbocycles. The smallest absolute Gasteiger partial charge is 0.253 e. The van der Waals surface area contributed by atoms with Gasteiger partial charge in [-0.05, 0) is 37.6 Å². The highest BCUT2D eigenvalue weighted by Gasteiger charge is 2.23. The second-order valence-electron chi connectivity index (χ2n) is 5.69. The molecule has 3 rings (SSSR count). The van der Waals surface area contributed by atoms with Gasteiger partial charge in [-0.3, -0.25) is 4.79 Å². The summed E-state index contributed by atoms with van der Waals surface area (Å²) in [7, 11) is 0. The average Bonchev–Trinajstić information content (AvgIpc) is 3.25. The van der Waals surface area contributed by atoms with E-state index in [4.69, 9.17) is 4.74 Å². The molecule has 1 aliphatic rings. The Morgan fingerprint density at radius 1 is 1.52 bits per heavy atom. The highest BCUT2D eigenvalue weighted by Crippen LogP contribution is 2.18. The fourth-order valence-corrected chi connectivity index (χ4v) is 2.81. The minimum absolute atomic E-state index is 0.148. The predicted molar refractivity (Wildman–Crippen MR) is 84.0 cm³/mol. The van der Waals surface area contributed by atoms with Gasteiger partial charge in [-0.1, -0.05) is 0 Å². The zero-order chi connectivity index (χ0) is 16.2. The van der Waals surface area contributed by atoms with Crippen LogP contribution in [0.15, 0.2) is 36.7 Å². The zero-order valence-electron chi connectivity index (χ0n) is 13.1. The number of halogens is 1. The molecule has 1 amide bonds. The van der Waals surface area contributed by atoms with Crippen LogP contribution in [0, 0.1) is 11.7 Å². The van der Waals surface area contributed by atoms with E-state index in [2.05, 4.69) is 5.10 Å². The molecule has 23 heavy (non-hydrogen) atoms. The summed E-state index contributed by atoms with van der Waals surface area (Å²) in [6.45, 7) is 4.62. The monoisotopic (exact) mass is 317 g/mol. The van der Waals surface area contributed by atoms with E-state index >= 15 is 0 Å². The number of rotatable bonds is 5. The molecule has 0 unspecified atom stereocenters. The van der Waals surface area contributed by atoms with Gasteiger partial charge in [0.05, 0.1) is 6.61 Å². The Labute approximate surface area is 134 Å². The maximum absolute atomic E-state index is 14.3. The van der Waals surface area contributed by atoms with Crippen molar-refractivity contribution in [3.8, 4) is 5.69 Å². The Morgan fingerprint density at radius 2 is 2.39 bits per heavy atom. The zero-order valence-corrected chi connectivity index (χ0v) is 13.1. The van der Waals surface area contributed by atoms with Crippen LogP contribution in [0.3, 0.4) is 0 Å². The van der Waals surface area contributed by atoms with Crippen LogP contribution in [0.4, 0.5) is 4.39 Å². The number of amides is 1. The quantitative estimate of drug-likeness (QED) is 0.851. The van der Waals surface area contributed by atoms with E-state index in [1.165, 1.54) is 10.7 Å². The van der Waals surface area contributed by atoms with E-state index in [0.717, 1.165) is 13.0 Å². The maximum Gasteiger partial charge on any atom is 0.253 e. The van der Waals surface area contributed by atoms with E-state index in [-0.39, 0.29) is 5.91 Å². The molecule has 1 fully saturated rings. The van der Waals surface area contributed by atoms with Crippen LogP contribution in [-0.4, -0.2) is 46.9 Å². The van der Waals surface area contributed by atoms with Gasteiger partial charge in [-0.25, -0.2) is 9.07 Å². The van der Waals surface area contributed by atoms with Gasteiger partial charge in [0.1, 0.15) is 11.5 Å². The lowest BCUT2D eigenvalue weighted by molar-refractivity contribution is 0.0730. The Bertz CT molecular complexity index is 666. The third-order valence-corrected chi connectivity index (χ3v) is 4.12. The molecule has 122 valence electrons. The van der Waals surface area contributed by atoms with Crippen molar-refractivity contribution < 1.29 is 13.9 Å². The van der Waals surface area contributed by atoms with Crippen molar-refractivity contribution >= 4 is 5.91 Å². The predicted octanol–water partition coefficient (Wildman–Crippen LogP) is 2.51. The number of benzene rings is 1. The molecule has 1 atom stereocenters. The molecule has 1 aliphatic heterocycles. The summed E-state index contributed by atoms with van der Waals surface area (Å²) < 4.78 is 21.1. The lowest BCUT2D eigenvalue weighted by Gasteiger charge is -2.24. The van der Waals surface area contributed by atoms with Gasteiger partial charge in [-0.15, -0.1) is 0 Å². The Balaban J connectivity index is 1.77. The second-order valence-corrected chi connectivity index (χ2v) is 5.69. The van der Waals surface area contributed by atoms with Crippen LogP contribution in [0.25, 0.3) is 5.69 Å². The first-order valence-electron chi connectivity index (χ1n) is 7.85. The summed E-state index contributed by atoms with van der Waals surface area (Å²) in [5.74, 6) is -0.239. The van der Waals surface area contributed by atoms with Gasteiger partial charge in [0.2, 0.25) is 0 Å². The summed E-state index contributed by atoms with van der Waals surface area (Å²) in [4.78, 5) is 14.4. The van der Waals surface area contributed by atoms with Crippen LogP contribution < -0.4 is 0 Å². The number of ether oxygens (including phenoxy) is 1. The number of hydrogen-bond donors (Lipinski definition) is 0. The van der Waals surface area contributed by atoms with Crippen LogP contribution >= 0.6 is 0 Å². The fraction of sp³-hybridized carbons (Fsp3) is 0.412. The third kappa shape index (κ3) is 3.42. The van der Waals surface area contributed by atoms with E-state index in [1.807, 2.05) is 6.92 Å². The summed E-state index contributed by atoms with van der Waals surface area (Å²) in [6, 6.07) is 6.24. The summed E-state index contributed by atoms with van der Waals surface area (Å²) in [5, 5.41) is 4.01.